The van der Waals surface area contributed by atoms with Crippen LogP contribution in [0.25, 0.3) is 10.7 Å². The standard InChI is InChI=1S/C19H25N3O2S/c1-13-12-25-17(21-13)16-10-14(7-8-20-16)15-6-5-9-22(11-15)18(23)24-19(2,3)4/h7-8,10,12,15H,5-6,9,11H2,1-4H3/t15-/m0/s1. The van der Waals surface area contributed by atoms with Crippen LogP contribution < -0.4 is 0 Å². The van der Waals surface area contributed by atoms with Crippen molar-refractivity contribution in [3.63, 3.8) is 0 Å². The number of rotatable bonds is 2. The van der Waals surface area contributed by atoms with Crippen LogP contribution in [0.1, 0.15) is 50.8 Å². The van der Waals surface area contributed by atoms with Gasteiger partial charge in [0.15, 0.2) is 0 Å². The Morgan fingerprint density at radius 3 is 2.88 bits per heavy atom. The Morgan fingerprint density at radius 1 is 1.40 bits per heavy atom. The van der Waals surface area contributed by atoms with Gasteiger partial charge in [0.25, 0.3) is 0 Å². The van der Waals surface area contributed by atoms with Gasteiger partial charge in [-0.25, -0.2) is 9.78 Å². The highest BCUT2D eigenvalue weighted by atomic mass is 32.1. The number of piperidine rings is 1. The number of thiazole rings is 1. The van der Waals surface area contributed by atoms with Crippen LogP contribution in [-0.4, -0.2) is 39.7 Å². The number of pyridine rings is 1. The van der Waals surface area contributed by atoms with Crippen LogP contribution in [0.5, 0.6) is 0 Å². The quantitative estimate of drug-likeness (QED) is 0.784. The summed E-state index contributed by atoms with van der Waals surface area (Å²) in [7, 11) is 0. The molecule has 1 aliphatic heterocycles. The molecule has 2 aromatic rings. The van der Waals surface area contributed by atoms with Crippen LogP contribution in [0.2, 0.25) is 0 Å². The summed E-state index contributed by atoms with van der Waals surface area (Å²) >= 11 is 1.61. The number of amides is 1. The third kappa shape index (κ3) is 4.57. The lowest BCUT2D eigenvalue weighted by atomic mass is 9.91. The molecule has 6 heteroatoms. The number of hydrogen-bond donors (Lipinski definition) is 0. The average Bonchev–Trinajstić information content (AvgIpc) is 3.00. The molecule has 1 saturated heterocycles. The van der Waals surface area contributed by atoms with Gasteiger partial charge in [0.2, 0.25) is 0 Å². The van der Waals surface area contributed by atoms with Crippen LogP contribution in [0.15, 0.2) is 23.7 Å². The van der Waals surface area contributed by atoms with E-state index in [0.29, 0.717) is 12.5 Å². The van der Waals surface area contributed by atoms with Crippen LogP contribution in [0.4, 0.5) is 4.79 Å². The van der Waals surface area contributed by atoms with Crippen molar-refractivity contribution in [3.8, 4) is 10.7 Å². The number of ether oxygens (including phenoxy) is 1. The van der Waals surface area contributed by atoms with E-state index in [1.807, 2.05) is 50.2 Å². The Bertz CT molecular complexity index is 751. The van der Waals surface area contributed by atoms with E-state index >= 15 is 0 Å². The molecule has 0 aliphatic carbocycles. The van der Waals surface area contributed by atoms with Crippen molar-refractivity contribution in [2.75, 3.05) is 13.1 Å². The summed E-state index contributed by atoms with van der Waals surface area (Å²) in [5, 5.41) is 2.98. The minimum Gasteiger partial charge on any atom is -0.444 e. The first-order valence-corrected chi connectivity index (χ1v) is 9.56. The van der Waals surface area contributed by atoms with Crippen molar-refractivity contribution in [3.05, 3.63) is 35.0 Å². The lowest BCUT2D eigenvalue weighted by Crippen LogP contribution is -2.42. The fraction of sp³-hybridized carbons (Fsp3) is 0.526. The van der Waals surface area contributed by atoms with Crippen molar-refractivity contribution in [2.45, 2.75) is 52.1 Å². The average molecular weight is 359 g/mol. The summed E-state index contributed by atoms with van der Waals surface area (Å²) in [4.78, 5) is 23.2. The Morgan fingerprint density at radius 2 is 2.20 bits per heavy atom. The molecule has 1 atom stereocenters. The zero-order valence-electron chi connectivity index (χ0n) is 15.3. The fourth-order valence-electron chi connectivity index (χ4n) is 3.03. The van der Waals surface area contributed by atoms with Gasteiger partial charge in [0.1, 0.15) is 10.6 Å². The molecule has 5 nitrogen and oxygen atoms in total. The minimum absolute atomic E-state index is 0.220. The maximum absolute atomic E-state index is 12.4. The second kappa shape index (κ2) is 7.12. The second-order valence-electron chi connectivity index (χ2n) is 7.53. The molecule has 2 aromatic heterocycles. The van der Waals surface area contributed by atoms with Crippen molar-refractivity contribution in [2.24, 2.45) is 0 Å². The maximum Gasteiger partial charge on any atom is 0.410 e. The highest BCUT2D eigenvalue weighted by Gasteiger charge is 2.28. The number of carbonyl (C=O) groups excluding carboxylic acids is 1. The number of nitrogens with zero attached hydrogens (tertiary/aromatic N) is 3. The molecule has 0 aromatic carbocycles. The first kappa shape index (κ1) is 17.9. The molecule has 3 heterocycles. The van der Waals surface area contributed by atoms with E-state index in [4.69, 9.17) is 4.74 Å². The number of hydrogen-bond acceptors (Lipinski definition) is 5. The predicted molar refractivity (Wildman–Crippen MR) is 99.9 cm³/mol. The Kier molecular flexibility index (Phi) is 5.08. The van der Waals surface area contributed by atoms with E-state index in [1.165, 1.54) is 5.56 Å². The van der Waals surface area contributed by atoms with E-state index in [0.717, 1.165) is 35.8 Å². The molecule has 25 heavy (non-hydrogen) atoms. The summed E-state index contributed by atoms with van der Waals surface area (Å²) in [6.45, 7) is 9.14. The summed E-state index contributed by atoms with van der Waals surface area (Å²) in [5.74, 6) is 0.309. The van der Waals surface area contributed by atoms with Gasteiger partial charge in [-0.2, -0.15) is 0 Å². The maximum atomic E-state index is 12.4. The van der Waals surface area contributed by atoms with Gasteiger partial charge < -0.3 is 9.64 Å². The highest BCUT2D eigenvalue weighted by molar-refractivity contribution is 7.13. The Hall–Kier alpha value is -1.95. The normalized spacial score (nSPS) is 18.2. The van der Waals surface area contributed by atoms with E-state index in [2.05, 4.69) is 16.0 Å². The topological polar surface area (TPSA) is 55.3 Å². The first-order chi connectivity index (χ1) is 11.8. The zero-order valence-corrected chi connectivity index (χ0v) is 16.1. The highest BCUT2D eigenvalue weighted by Crippen LogP contribution is 2.30. The molecule has 0 saturated carbocycles. The molecule has 0 unspecified atom stereocenters. The molecule has 0 radical (unpaired) electrons. The van der Waals surface area contributed by atoms with E-state index in [1.54, 1.807) is 11.3 Å². The largest absolute Gasteiger partial charge is 0.444 e. The molecule has 1 amide bonds. The number of aryl methyl sites for hydroxylation is 1. The second-order valence-corrected chi connectivity index (χ2v) is 8.39. The van der Waals surface area contributed by atoms with E-state index < -0.39 is 5.60 Å². The van der Waals surface area contributed by atoms with Crippen molar-refractivity contribution in [1.82, 2.24) is 14.9 Å². The summed E-state index contributed by atoms with van der Waals surface area (Å²) in [5.41, 5.74) is 2.67. The molecule has 3 rings (SSSR count). The van der Waals surface area contributed by atoms with Gasteiger partial charge >= 0.3 is 6.09 Å². The third-order valence-electron chi connectivity index (χ3n) is 4.17. The summed E-state index contributed by atoms with van der Waals surface area (Å²) < 4.78 is 5.52. The van der Waals surface area contributed by atoms with Gasteiger partial charge in [-0.05, 0) is 58.2 Å². The van der Waals surface area contributed by atoms with E-state index in [-0.39, 0.29) is 6.09 Å². The van der Waals surface area contributed by atoms with Gasteiger partial charge in [-0.1, -0.05) is 0 Å². The van der Waals surface area contributed by atoms with Crippen LogP contribution in [-0.2, 0) is 4.74 Å². The first-order valence-electron chi connectivity index (χ1n) is 8.68. The Balaban J connectivity index is 1.74. The number of likely N-dealkylation sites (tertiary alicyclic amines) is 1. The minimum atomic E-state index is -0.462. The van der Waals surface area contributed by atoms with E-state index in [9.17, 15) is 4.79 Å². The smallest absolute Gasteiger partial charge is 0.410 e. The van der Waals surface area contributed by atoms with Gasteiger partial charge in [0, 0.05) is 36.3 Å². The lowest BCUT2D eigenvalue weighted by Gasteiger charge is -2.34. The van der Waals surface area contributed by atoms with Crippen molar-refractivity contribution >= 4 is 17.4 Å². The summed E-state index contributed by atoms with van der Waals surface area (Å²) in [6, 6.07) is 4.16. The molecule has 134 valence electrons. The molecule has 1 fully saturated rings. The zero-order chi connectivity index (χ0) is 18.0. The monoisotopic (exact) mass is 359 g/mol. The van der Waals surface area contributed by atoms with Crippen LogP contribution in [0, 0.1) is 6.92 Å². The number of aromatic nitrogens is 2. The SMILES string of the molecule is Cc1csc(-c2cc([C@H]3CCCN(C(=O)OC(C)(C)C)C3)ccn2)n1. The van der Waals surface area contributed by atoms with Gasteiger partial charge in [0.05, 0.1) is 5.69 Å². The number of carbonyl (C=O) groups is 1. The van der Waals surface area contributed by atoms with Gasteiger partial charge in [-0.15, -0.1) is 11.3 Å². The molecular formula is C19H25N3O2S. The summed E-state index contributed by atoms with van der Waals surface area (Å²) in [6.07, 6.45) is 3.67. The predicted octanol–water partition coefficient (Wildman–Crippen LogP) is 4.63. The van der Waals surface area contributed by atoms with Gasteiger partial charge in [-0.3, -0.25) is 4.98 Å². The molecule has 1 aliphatic rings. The molecule has 0 bridgehead atoms. The molecule has 0 N–H and O–H groups in total. The van der Waals surface area contributed by atoms with Crippen LogP contribution in [0.3, 0.4) is 0 Å². The molecule has 0 spiro atoms. The Labute approximate surface area is 153 Å². The molecular weight excluding hydrogens is 334 g/mol. The lowest BCUT2D eigenvalue weighted by molar-refractivity contribution is 0.0198. The third-order valence-corrected chi connectivity index (χ3v) is 5.15. The van der Waals surface area contributed by atoms with Crippen molar-refractivity contribution < 1.29 is 9.53 Å². The van der Waals surface area contributed by atoms with Crippen molar-refractivity contribution in [1.29, 1.82) is 0 Å². The fourth-order valence-corrected chi connectivity index (χ4v) is 3.79. The van der Waals surface area contributed by atoms with Crippen LogP contribution >= 0.6 is 11.3 Å².